The number of aliphatic carboxylic acids is 1. The van der Waals surface area contributed by atoms with E-state index in [1.165, 1.54) is 12.7 Å². The molecule has 116 valence electrons. The van der Waals surface area contributed by atoms with Crippen molar-refractivity contribution >= 4 is 21.9 Å². The van der Waals surface area contributed by atoms with Crippen molar-refractivity contribution in [2.24, 2.45) is 5.92 Å². The van der Waals surface area contributed by atoms with Gasteiger partial charge in [-0.1, -0.05) is 40.3 Å². The predicted molar refractivity (Wildman–Crippen MR) is 83.6 cm³/mol. The van der Waals surface area contributed by atoms with Crippen LogP contribution in [0.1, 0.15) is 25.7 Å². The second-order valence-electron chi connectivity index (χ2n) is 5.50. The molecule has 22 heavy (non-hydrogen) atoms. The number of nitrogens with zero attached hydrogens (tertiary/aromatic N) is 1. The molecule has 1 aromatic carbocycles. The van der Waals surface area contributed by atoms with Gasteiger partial charge in [-0.05, 0) is 30.5 Å². The van der Waals surface area contributed by atoms with Crippen molar-refractivity contribution in [3.8, 4) is 17.0 Å². The Kier molecular flexibility index (Phi) is 4.47. The summed E-state index contributed by atoms with van der Waals surface area (Å²) in [5.41, 5.74) is 1.33. The fourth-order valence-corrected chi connectivity index (χ4v) is 2.90. The Morgan fingerprint density at radius 3 is 2.86 bits per heavy atom. The monoisotopic (exact) mass is 365 g/mol. The predicted octanol–water partition coefficient (Wildman–Crippen LogP) is 4.13. The molecular weight excluding hydrogens is 350 g/mol. The van der Waals surface area contributed by atoms with E-state index in [0.29, 0.717) is 29.3 Å². The molecule has 1 heterocycles. The van der Waals surface area contributed by atoms with Crippen LogP contribution in [0.5, 0.6) is 5.75 Å². The van der Waals surface area contributed by atoms with Gasteiger partial charge in [0.05, 0.1) is 0 Å². The van der Waals surface area contributed by atoms with Crippen LogP contribution < -0.4 is 4.74 Å². The van der Waals surface area contributed by atoms with Crippen LogP contribution in [0.3, 0.4) is 0 Å². The smallest absolute Gasteiger partial charge is 0.344 e. The van der Waals surface area contributed by atoms with Gasteiger partial charge in [0.1, 0.15) is 17.7 Å². The highest BCUT2D eigenvalue weighted by atomic mass is 79.9. The average molecular weight is 366 g/mol. The van der Waals surface area contributed by atoms with E-state index in [1.54, 1.807) is 12.1 Å². The van der Waals surface area contributed by atoms with Crippen LogP contribution in [0.25, 0.3) is 11.3 Å². The minimum Gasteiger partial charge on any atom is -0.479 e. The maximum Gasteiger partial charge on any atom is 0.344 e. The minimum atomic E-state index is -0.930. The summed E-state index contributed by atoms with van der Waals surface area (Å²) in [4.78, 5) is 11.5. The molecule has 0 bridgehead atoms. The summed E-state index contributed by atoms with van der Waals surface area (Å²) >= 11 is 3.41. The first kappa shape index (κ1) is 15.1. The lowest BCUT2D eigenvalue weighted by Gasteiger charge is -2.28. The number of carboxylic acids is 1. The molecular formula is C16H16BrNO4. The third-order valence-corrected chi connectivity index (χ3v) is 4.47. The van der Waals surface area contributed by atoms with Crippen molar-refractivity contribution in [1.29, 1.82) is 0 Å². The second-order valence-corrected chi connectivity index (χ2v) is 6.42. The number of halogens is 1. The van der Waals surface area contributed by atoms with E-state index in [2.05, 4.69) is 21.1 Å². The van der Waals surface area contributed by atoms with Gasteiger partial charge in [0.25, 0.3) is 0 Å². The topological polar surface area (TPSA) is 72.6 Å². The van der Waals surface area contributed by atoms with Crippen LogP contribution in [0.15, 0.2) is 39.5 Å². The van der Waals surface area contributed by atoms with E-state index in [0.717, 1.165) is 17.3 Å². The molecule has 1 saturated carbocycles. The highest BCUT2D eigenvalue weighted by molar-refractivity contribution is 9.10. The molecule has 6 heteroatoms. The first-order chi connectivity index (χ1) is 10.6. The number of hydrogen-bond donors (Lipinski definition) is 1. The highest BCUT2D eigenvalue weighted by Crippen LogP contribution is 2.35. The summed E-state index contributed by atoms with van der Waals surface area (Å²) in [6.07, 6.45) is 4.54. The summed E-state index contributed by atoms with van der Waals surface area (Å²) in [5, 5.41) is 13.3. The van der Waals surface area contributed by atoms with Crippen LogP contribution in [0, 0.1) is 5.92 Å². The molecule has 0 radical (unpaired) electrons. The highest BCUT2D eigenvalue weighted by Gasteiger charge is 2.28. The zero-order valence-electron chi connectivity index (χ0n) is 11.9. The molecule has 0 saturated heterocycles. The SMILES string of the molecule is O=C(O)C(CC1CCC1)Oc1ccc(Br)cc1-c1ccon1. The number of benzene rings is 1. The molecule has 0 amide bonds. The fraction of sp³-hybridized carbons (Fsp3) is 0.375. The third-order valence-electron chi connectivity index (χ3n) is 3.97. The molecule has 0 aliphatic heterocycles. The van der Waals surface area contributed by atoms with Crippen molar-refractivity contribution in [3.63, 3.8) is 0 Å². The van der Waals surface area contributed by atoms with Crippen LogP contribution in [0.4, 0.5) is 0 Å². The normalized spacial score (nSPS) is 16.0. The first-order valence-corrected chi connectivity index (χ1v) is 8.02. The fourth-order valence-electron chi connectivity index (χ4n) is 2.54. The lowest BCUT2D eigenvalue weighted by atomic mass is 9.81. The van der Waals surface area contributed by atoms with E-state index in [9.17, 15) is 9.90 Å². The van der Waals surface area contributed by atoms with Gasteiger partial charge < -0.3 is 14.4 Å². The molecule has 1 aromatic heterocycles. The number of carboxylic acid groups (broad SMARTS) is 1. The molecule has 1 atom stereocenters. The zero-order valence-corrected chi connectivity index (χ0v) is 13.5. The van der Waals surface area contributed by atoms with E-state index in [4.69, 9.17) is 9.26 Å². The molecule has 1 fully saturated rings. The summed E-state index contributed by atoms with van der Waals surface area (Å²) in [5.74, 6) is 0.0248. The van der Waals surface area contributed by atoms with Crippen LogP contribution >= 0.6 is 15.9 Å². The van der Waals surface area contributed by atoms with Gasteiger partial charge in [0.15, 0.2) is 6.10 Å². The Morgan fingerprint density at radius 1 is 1.45 bits per heavy atom. The van der Waals surface area contributed by atoms with Crippen molar-refractivity contribution in [1.82, 2.24) is 5.16 Å². The lowest BCUT2D eigenvalue weighted by molar-refractivity contribution is -0.146. The van der Waals surface area contributed by atoms with Crippen LogP contribution in [-0.4, -0.2) is 22.3 Å². The van der Waals surface area contributed by atoms with Crippen molar-refractivity contribution in [3.05, 3.63) is 35.0 Å². The van der Waals surface area contributed by atoms with Gasteiger partial charge in [-0.2, -0.15) is 0 Å². The summed E-state index contributed by atoms with van der Waals surface area (Å²) < 4.78 is 11.5. The maximum atomic E-state index is 11.5. The van der Waals surface area contributed by atoms with Crippen LogP contribution in [0.2, 0.25) is 0 Å². The van der Waals surface area contributed by atoms with Gasteiger partial charge in [0, 0.05) is 16.1 Å². The molecule has 5 nitrogen and oxygen atoms in total. The average Bonchev–Trinajstić information content (AvgIpc) is 2.96. The number of ether oxygens (including phenoxy) is 1. The third kappa shape index (κ3) is 3.32. The lowest BCUT2D eigenvalue weighted by Crippen LogP contribution is -2.31. The van der Waals surface area contributed by atoms with E-state index in [1.807, 2.05) is 12.1 Å². The zero-order chi connectivity index (χ0) is 15.5. The Bertz CT molecular complexity index is 652. The molecule has 2 aromatic rings. The van der Waals surface area contributed by atoms with E-state index >= 15 is 0 Å². The molecule has 1 aliphatic rings. The van der Waals surface area contributed by atoms with Crippen molar-refractivity contribution in [2.75, 3.05) is 0 Å². The number of carbonyl (C=O) groups is 1. The van der Waals surface area contributed by atoms with E-state index < -0.39 is 12.1 Å². The molecule has 1 N–H and O–H groups in total. The maximum absolute atomic E-state index is 11.5. The van der Waals surface area contributed by atoms with Gasteiger partial charge in [0.2, 0.25) is 0 Å². The van der Waals surface area contributed by atoms with Gasteiger partial charge in [-0.3, -0.25) is 0 Å². The van der Waals surface area contributed by atoms with Crippen molar-refractivity contribution in [2.45, 2.75) is 31.8 Å². The Balaban J connectivity index is 1.85. The van der Waals surface area contributed by atoms with Gasteiger partial charge >= 0.3 is 5.97 Å². The summed E-state index contributed by atoms with van der Waals surface area (Å²) in [7, 11) is 0. The van der Waals surface area contributed by atoms with Crippen LogP contribution in [-0.2, 0) is 4.79 Å². The Hall–Kier alpha value is -1.82. The first-order valence-electron chi connectivity index (χ1n) is 7.23. The summed E-state index contributed by atoms with van der Waals surface area (Å²) in [6.45, 7) is 0. The number of rotatable bonds is 6. The number of hydrogen-bond acceptors (Lipinski definition) is 4. The Morgan fingerprint density at radius 2 is 2.27 bits per heavy atom. The van der Waals surface area contributed by atoms with E-state index in [-0.39, 0.29) is 0 Å². The summed E-state index contributed by atoms with van der Waals surface area (Å²) in [6, 6.07) is 7.14. The van der Waals surface area contributed by atoms with Gasteiger partial charge in [-0.25, -0.2) is 4.79 Å². The van der Waals surface area contributed by atoms with Gasteiger partial charge in [-0.15, -0.1) is 0 Å². The Labute approximate surface area is 136 Å². The molecule has 0 spiro atoms. The number of aromatic nitrogens is 1. The second kappa shape index (κ2) is 6.52. The standard InChI is InChI=1S/C16H16BrNO4/c17-11-4-5-14(12(9-11)13-6-7-21-18-13)22-15(16(19)20)8-10-2-1-3-10/h4-7,9-10,15H,1-3,8H2,(H,19,20). The van der Waals surface area contributed by atoms with Crippen molar-refractivity contribution < 1.29 is 19.2 Å². The quantitative estimate of drug-likeness (QED) is 0.832. The largest absolute Gasteiger partial charge is 0.479 e. The molecule has 1 aliphatic carbocycles. The molecule has 3 rings (SSSR count). The molecule has 1 unspecified atom stereocenters. The minimum absolute atomic E-state index is 0.451.